The highest BCUT2D eigenvalue weighted by Gasteiger charge is 2.36. The molecule has 0 fully saturated rings. The van der Waals surface area contributed by atoms with Crippen molar-refractivity contribution in [2.45, 2.75) is 19.3 Å². The Kier molecular flexibility index (Phi) is 8.97. The first-order valence-electron chi connectivity index (χ1n) is 25.2. The zero-order valence-corrected chi connectivity index (χ0v) is 40.4. The van der Waals surface area contributed by atoms with E-state index in [9.17, 15) is 0 Å². The molecule has 1 aliphatic rings. The van der Waals surface area contributed by atoms with Gasteiger partial charge in [0.15, 0.2) is 0 Å². The van der Waals surface area contributed by atoms with Gasteiger partial charge in [0.2, 0.25) is 0 Å². The van der Waals surface area contributed by atoms with Gasteiger partial charge >= 0.3 is 0 Å². The highest BCUT2D eigenvalue weighted by molar-refractivity contribution is 6.12. The number of hydrogen-bond acceptors (Lipinski definition) is 2. The molecular formula is C69H46N4. The molecule has 0 aliphatic heterocycles. The highest BCUT2D eigenvalue weighted by Crippen LogP contribution is 2.51. The number of fused-ring (bicyclic) bond motifs is 11. The van der Waals surface area contributed by atoms with E-state index in [4.69, 9.17) is 9.97 Å². The normalized spacial score (nSPS) is 12.9. The molecule has 0 radical (unpaired) electrons. The predicted octanol–water partition coefficient (Wildman–Crippen LogP) is 18.0. The van der Waals surface area contributed by atoms with Crippen molar-refractivity contribution in [1.82, 2.24) is 19.1 Å². The van der Waals surface area contributed by atoms with Crippen LogP contribution >= 0.6 is 0 Å². The quantitative estimate of drug-likeness (QED) is 0.167. The molecule has 4 heteroatoms. The van der Waals surface area contributed by atoms with Crippen LogP contribution in [0.25, 0.3) is 132 Å². The predicted molar refractivity (Wildman–Crippen MR) is 305 cm³/mol. The number of aromatic nitrogens is 4. The van der Waals surface area contributed by atoms with E-state index >= 15 is 0 Å². The van der Waals surface area contributed by atoms with Crippen molar-refractivity contribution < 1.29 is 0 Å². The summed E-state index contributed by atoms with van der Waals surface area (Å²) in [5, 5.41) is 9.83. The van der Waals surface area contributed by atoms with E-state index in [-0.39, 0.29) is 5.41 Å². The third-order valence-corrected chi connectivity index (χ3v) is 15.8. The summed E-state index contributed by atoms with van der Waals surface area (Å²) in [6.45, 7) is 4.77. The largest absolute Gasteiger partial charge is 0.294 e. The topological polar surface area (TPSA) is 35.6 Å². The average Bonchev–Trinajstić information content (AvgIpc) is 4.04. The van der Waals surface area contributed by atoms with Gasteiger partial charge in [-0.3, -0.25) is 9.13 Å². The zero-order valence-electron chi connectivity index (χ0n) is 40.4. The Bertz CT molecular complexity index is 4280. The van der Waals surface area contributed by atoms with Gasteiger partial charge in [-0.05, 0) is 185 Å². The summed E-state index contributed by atoms with van der Waals surface area (Å²) < 4.78 is 4.53. The van der Waals surface area contributed by atoms with E-state index in [1.807, 2.05) is 36.7 Å². The van der Waals surface area contributed by atoms with Crippen molar-refractivity contribution in [3.63, 3.8) is 0 Å². The van der Waals surface area contributed by atoms with Gasteiger partial charge in [-0.2, -0.15) is 0 Å². The van der Waals surface area contributed by atoms with Gasteiger partial charge < -0.3 is 0 Å². The average molecular weight is 931 g/mol. The summed E-state index contributed by atoms with van der Waals surface area (Å²) in [4.78, 5) is 9.41. The molecule has 0 amide bonds. The Morgan fingerprint density at radius 2 is 0.616 bits per heavy atom. The molecule has 0 saturated heterocycles. The molecular weight excluding hydrogens is 885 g/mol. The van der Waals surface area contributed by atoms with Gasteiger partial charge in [0.05, 0.1) is 22.1 Å². The first kappa shape index (κ1) is 41.4. The van der Waals surface area contributed by atoms with E-state index in [1.54, 1.807) is 0 Å². The maximum absolute atomic E-state index is 4.70. The first-order chi connectivity index (χ1) is 35.9. The fourth-order valence-corrected chi connectivity index (χ4v) is 12.1. The van der Waals surface area contributed by atoms with Crippen LogP contribution < -0.4 is 0 Å². The van der Waals surface area contributed by atoms with Crippen LogP contribution in [0.5, 0.6) is 0 Å². The van der Waals surface area contributed by atoms with Gasteiger partial charge in [-0.25, -0.2) is 9.97 Å². The Balaban J connectivity index is 0.707. The molecule has 4 heterocycles. The van der Waals surface area contributed by atoms with Crippen LogP contribution in [0.4, 0.5) is 0 Å². The molecule has 15 rings (SSSR count). The van der Waals surface area contributed by atoms with E-state index in [1.165, 1.54) is 110 Å². The molecule has 0 spiro atoms. The molecule has 73 heavy (non-hydrogen) atoms. The lowest BCUT2D eigenvalue weighted by Crippen LogP contribution is -2.15. The Labute approximate surface area is 422 Å². The summed E-state index contributed by atoms with van der Waals surface area (Å²) in [6, 6.07) is 84.8. The van der Waals surface area contributed by atoms with E-state index in [0.29, 0.717) is 0 Å². The minimum absolute atomic E-state index is 0.162. The summed E-state index contributed by atoms with van der Waals surface area (Å²) in [7, 11) is 0. The van der Waals surface area contributed by atoms with Crippen LogP contribution in [0.3, 0.4) is 0 Å². The molecule has 0 N–H and O–H groups in total. The Morgan fingerprint density at radius 3 is 1.01 bits per heavy atom. The summed E-state index contributed by atoms with van der Waals surface area (Å²) in [6.07, 6.45) is 3.72. The SMILES string of the molecule is CC1(C)c2cc(-c3ccc4cc(-c5ccc6c(c5)c5ccccc5n6-c5ccccn5)ccc4c3)ccc2-c2ccc(-c3ccc4cc(-c5ccc6c(c5)c5ccccc5n6-c5ccccn5)ccc4c3)cc21. The highest BCUT2D eigenvalue weighted by atomic mass is 15.1. The Hall–Kier alpha value is -9.38. The number of nitrogens with zero attached hydrogens (tertiary/aromatic N) is 4. The van der Waals surface area contributed by atoms with E-state index in [0.717, 1.165) is 33.7 Å². The molecule has 0 unspecified atom stereocenters. The van der Waals surface area contributed by atoms with Crippen LogP contribution in [0.2, 0.25) is 0 Å². The molecule has 0 atom stereocenters. The minimum atomic E-state index is -0.162. The zero-order chi connectivity index (χ0) is 48.4. The number of rotatable bonds is 6. The van der Waals surface area contributed by atoms with Crippen molar-refractivity contribution in [2.75, 3.05) is 0 Å². The number of para-hydroxylation sites is 2. The smallest absolute Gasteiger partial charge is 0.137 e. The fourth-order valence-electron chi connectivity index (χ4n) is 12.1. The molecule has 0 saturated carbocycles. The molecule has 0 bridgehead atoms. The van der Waals surface area contributed by atoms with Crippen LogP contribution in [0.15, 0.2) is 243 Å². The van der Waals surface area contributed by atoms with Gasteiger partial charge in [0.1, 0.15) is 11.6 Å². The lowest BCUT2D eigenvalue weighted by atomic mass is 9.80. The monoisotopic (exact) mass is 930 g/mol. The van der Waals surface area contributed by atoms with Crippen LogP contribution in [0.1, 0.15) is 25.0 Å². The van der Waals surface area contributed by atoms with E-state index in [2.05, 4.69) is 229 Å². The van der Waals surface area contributed by atoms with Gasteiger partial charge in [-0.1, -0.05) is 147 Å². The van der Waals surface area contributed by atoms with Crippen LogP contribution in [0, 0.1) is 0 Å². The lowest BCUT2D eigenvalue weighted by molar-refractivity contribution is 0.661. The minimum Gasteiger partial charge on any atom is -0.294 e. The van der Waals surface area contributed by atoms with Gasteiger partial charge in [-0.15, -0.1) is 0 Å². The Morgan fingerprint density at radius 1 is 0.288 bits per heavy atom. The third-order valence-electron chi connectivity index (χ3n) is 15.8. The second-order valence-electron chi connectivity index (χ2n) is 20.2. The number of benzene rings is 10. The number of pyridine rings is 2. The second-order valence-corrected chi connectivity index (χ2v) is 20.2. The van der Waals surface area contributed by atoms with Crippen LogP contribution in [-0.4, -0.2) is 19.1 Å². The summed E-state index contributed by atoms with van der Waals surface area (Å²) >= 11 is 0. The van der Waals surface area contributed by atoms with Crippen molar-refractivity contribution in [3.05, 3.63) is 254 Å². The molecule has 10 aromatic carbocycles. The van der Waals surface area contributed by atoms with Gasteiger partial charge in [0.25, 0.3) is 0 Å². The van der Waals surface area contributed by atoms with Crippen molar-refractivity contribution in [2.24, 2.45) is 0 Å². The van der Waals surface area contributed by atoms with E-state index < -0.39 is 0 Å². The summed E-state index contributed by atoms with van der Waals surface area (Å²) in [5.74, 6) is 1.85. The first-order valence-corrected chi connectivity index (χ1v) is 25.2. The maximum Gasteiger partial charge on any atom is 0.137 e. The fraction of sp³-hybridized carbons (Fsp3) is 0.0435. The van der Waals surface area contributed by atoms with Crippen molar-refractivity contribution in [1.29, 1.82) is 0 Å². The standard InChI is InChI=1S/C69H46N4/c1-69(2)61-41-53(49-23-19-43-35-47(21-17-45(43)37-49)51-27-31-65-59(39-51)57-11-3-5-13-63(57)72(65)67-15-7-9-33-70-67)25-29-55(61)56-30-26-54(42-62(56)69)50-24-20-44-36-48(22-18-46(44)38-50)52-28-32-66-60(40-52)58-12-4-6-14-64(58)73(66)68-16-8-10-34-71-68/h3-42H,1-2H3. The van der Waals surface area contributed by atoms with Crippen LogP contribution in [-0.2, 0) is 5.41 Å². The molecule has 4 aromatic heterocycles. The summed E-state index contributed by atoms with van der Waals surface area (Å²) in [5.41, 5.74) is 19.6. The molecule has 342 valence electrons. The third kappa shape index (κ3) is 6.47. The maximum atomic E-state index is 4.70. The number of hydrogen-bond donors (Lipinski definition) is 0. The molecule has 4 nitrogen and oxygen atoms in total. The molecule has 14 aromatic rings. The molecule has 1 aliphatic carbocycles. The second kappa shape index (κ2) is 15.8. The van der Waals surface area contributed by atoms with Crippen molar-refractivity contribution in [3.8, 4) is 67.3 Å². The van der Waals surface area contributed by atoms with Crippen molar-refractivity contribution >= 4 is 65.2 Å². The van der Waals surface area contributed by atoms with Gasteiger partial charge in [0, 0.05) is 39.4 Å². The lowest BCUT2D eigenvalue weighted by Gasteiger charge is -2.23.